The second kappa shape index (κ2) is 11.6. The molecule has 3 aromatic rings. The van der Waals surface area contributed by atoms with Crippen molar-refractivity contribution in [2.45, 2.75) is 25.8 Å². The third-order valence-electron chi connectivity index (χ3n) is 7.08. The van der Waals surface area contributed by atoms with Crippen molar-refractivity contribution in [3.8, 4) is 17.4 Å². The maximum absolute atomic E-state index is 11.4. The number of aromatic hydroxyl groups is 1. The Morgan fingerprint density at radius 1 is 1.05 bits per heavy atom. The number of fused-ring (bicyclic) bond motifs is 1. The first-order valence-electron chi connectivity index (χ1n) is 12.5. The van der Waals surface area contributed by atoms with Crippen LogP contribution in [0, 0.1) is 0 Å². The highest BCUT2D eigenvalue weighted by Gasteiger charge is 2.24. The summed E-state index contributed by atoms with van der Waals surface area (Å²) in [5.41, 5.74) is 2.01. The van der Waals surface area contributed by atoms with E-state index >= 15 is 0 Å². The van der Waals surface area contributed by atoms with Gasteiger partial charge in [-0.15, -0.1) is 0 Å². The number of likely N-dealkylation sites (N-methyl/N-ethyl adjacent to an activating group) is 1. The molecule has 2 aromatic carbocycles. The number of nitrogens with zero attached hydrogens (tertiary/aromatic N) is 3. The number of piperazine rings is 1. The van der Waals surface area contributed by atoms with Crippen LogP contribution in [0.2, 0.25) is 0 Å². The van der Waals surface area contributed by atoms with E-state index in [9.17, 15) is 13.5 Å². The summed E-state index contributed by atoms with van der Waals surface area (Å²) in [5, 5.41) is 18.3. The van der Waals surface area contributed by atoms with Crippen LogP contribution in [0.4, 0.5) is 5.69 Å². The molecule has 2 heterocycles. The van der Waals surface area contributed by atoms with Gasteiger partial charge in [-0.1, -0.05) is 19.1 Å². The highest BCUT2D eigenvalue weighted by atomic mass is 32.2. The molecule has 0 spiro atoms. The van der Waals surface area contributed by atoms with Crippen LogP contribution in [0.5, 0.6) is 17.4 Å². The number of hydrogen-bond donors (Lipinski definition) is 3. The summed E-state index contributed by atoms with van der Waals surface area (Å²) in [7, 11) is -0.610. The smallest absolute Gasteiger partial charge is 0.274 e. The third kappa shape index (κ3) is 6.12. The number of rotatable bonds is 11. The molecule has 1 aromatic heterocycles. The number of ether oxygens (including phenoxy) is 2. The highest BCUT2D eigenvalue weighted by molar-refractivity contribution is 7.87. The Morgan fingerprint density at radius 2 is 1.78 bits per heavy atom. The van der Waals surface area contributed by atoms with E-state index in [1.54, 1.807) is 14.2 Å². The van der Waals surface area contributed by atoms with Gasteiger partial charge in [-0.3, -0.25) is 0 Å². The van der Waals surface area contributed by atoms with E-state index in [0.717, 1.165) is 54.7 Å². The lowest BCUT2D eigenvalue weighted by atomic mass is 10.0. The first kappa shape index (κ1) is 27.1. The van der Waals surface area contributed by atoms with E-state index in [4.69, 9.17) is 14.6 Å². The number of nitrogens with two attached hydrogens (primary N) is 1. The van der Waals surface area contributed by atoms with Gasteiger partial charge in [-0.05, 0) is 49.2 Å². The van der Waals surface area contributed by atoms with Gasteiger partial charge in [-0.2, -0.15) is 8.42 Å². The quantitative estimate of drug-likeness (QED) is 0.325. The Labute approximate surface area is 218 Å². The zero-order valence-corrected chi connectivity index (χ0v) is 22.5. The van der Waals surface area contributed by atoms with Crippen molar-refractivity contribution < 1.29 is 23.0 Å². The summed E-state index contributed by atoms with van der Waals surface area (Å²) >= 11 is 0. The Balaban J connectivity index is 1.72. The van der Waals surface area contributed by atoms with Crippen LogP contribution in [-0.4, -0.2) is 76.5 Å². The van der Waals surface area contributed by atoms with Crippen molar-refractivity contribution in [2.75, 3.05) is 58.4 Å². The van der Waals surface area contributed by atoms with E-state index in [1.807, 2.05) is 41.1 Å². The molecular weight excluding hydrogens is 494 g/mol. The average molecular weight is 532 g/mol. The molecule has 1 fully saturated rings. The summed E-state index contributed by atoms with van der Waals surface area (Å²) in [4.78, 5) is 4.81. The zero-order chi connectivity index (χ0) is 26.6. The van der Waals surface area contributed by atoms with Crippen molar-refractivity contribution >= 4 is 26.7 Å². The van der Waals surface area contributed by atoms with Crippen LogP contribution in [0.1, 0.15) is 31.4 Å². The molecule has 11 heteroatoms. The average Bonchev–Trinajstić information content (AvgIpc) is 3.24. The molecule has 0 aliphatic carbocycles. The number of aromatic nitrogens is 1. The number of hydrogen-bond acceptors (Lipinski definition) is 7. The normalized spacial score (nSPS) is 15.7. The molecule has 0 bridgehead atoms. The third-order valence-corrected chi connectivity index (χ3v) is 7.69. The topological polar surface area (TPSA) is 122 Å². The van der Waals surface area contributed by atoms with Crippen molar-refractivity contribution in [1.82, 2.24) is 14.2 Å². The summed E-state index contributed by atoms with van der Waals surface area (Å²) < 4.78 is 37.8. The molecule has 0 amide bonds. The monoisotopic (exact) mass is 531 g/mol. The second-order valence-corrected chi connectivity index (χ2v) is 10.6. The van der Waals surface area contributed by atoms with Crippen molar-refractivity contribution in [1.29, 1.82) is 0 Å². The summed E-state index contributed by atoms with van der Waals surface area (Å²) in [5.74, 6) is 1.36. The van der Waals surface area contributed by atoms with Gasteiger partial charge in [0.1, 0.15) is 0 Å². The zero-order valence-electron chi connectivity index (χ0n) is 21.7. The van der Waals surface area contributed by atoms with Crippen LogP contribution in [0.3, 0.4) is 0 Å². The predicted octanol–water partition coefficient (Wildman–Crippen LogP) is 2.67. The van der Waals surface area contributed by atoms with Gasteiger partial charge in [0.25, 0.3) is 10.2 Å². The molecule has 4 rings (SSSR count). The van der Waals surface area contributed by atoms with Gasteiger partial charge in [-0.25, -0.2) is 9.86 Å². The van der Waals surface area contributed by atoms with Gasteiger partial charge >= 0.3 is 0 Å². The summed E-state index contributed by atoms with van der Waals surface area (Å²) in [6.07, 6.45) is 3.06. The number of methoxy groups -OCH3 is 2. The lowest BCUT2D eigenvalue weighted by molar-refractivity contribution is 0.271. The molecular formula is C26H37N5O5S. The van der Waals surface area contributed by atoms with Crippen LogP contribution < -0.4 is 24.2 Å². The molecule has 1 saturated heterocycles. The highest BCUT2D eigenvalue weighted by Crippen LogP contribution is 2.40. The van der Waals surface area contributed by atoms with Crippen LogP contribution in [-0.2, 0) is 10.2 Å². The summed E-state index contributed by atoms with van der Waals surface area (Å²) in [6.45, 7) is 7.28. The first-order valence-corrected chi connectivity index (χ1v) is 14.1. The molecule has 0 radical (unpaired) electrons. The fourth-order valence-electron chi connectivity index (χ4n) is 5.08. The maximum atomic E-state index is 11.4. The van der Waals surface area contributed by atoms with E-state index in [-0.39, 0.29) is 18.5 Å². The number of benzene rings is 2. The van der Waals surface area contributed by atoms with E-state index < -0.39 is 10.2 Å². The lowest BCUT2D eigenvalue weighted by Crippen LogP contribution is -2.46. The molecule has 1 atom stereocenters. The van der Waals surface area contributed by atoms with Gasteiger partial charge in [0.15, 0.2) is 17.4 Å². The molecule has 1 aliphatic heterocycles. The van der Waals surface area contributed by atoms with Gasteiger partial charge in [0, 0.05) is 55.4 Å². The lowest BCUT2D eigenvalue weighted by Gasteiger charge is -2.35. The standard InChI is InChI=1S/C26H37N5O5S/c1-4-29-13-15-30(16-14-29)23-8-5-7-20-21(23)18-31(26(20)32)22(9-6-12-28-37(27,33)34)19-10-11-24(35-2)25(17-19)36-3/h5,7-8,10-11,17-18,22,28,32H,4,6,9,12-16H2,1-3H3,(H2,27,33,34)/t22-/m1/s1. The minimum absolute atomic E-state index is 0.170. The molecule has 202 valence electrons. The van der Waals surface area contributed by atoms with Crippen molar-refractivity contribution in [3.05, 3.63) is 48.2 Å². The van der Waals surface area contributed by atoms with Crippen LogP contribution >= 0.6 is 0 Å². The molecule has 0 saturated carbocycles. The minimum atomic E-state index is -3.78. The van der Waals surface area contributed by atoms with Gasteiger partial charge in [0.2, 0.25) is 0 Å². The maximum Gasteiger partial charge on any atom is 0.274 e. The Kier molecular flexibility index (Phi) is 8.48. The van der Waals surface area contributed by atoms with Crippen molar-refractivity contribution in [2.24, 2.45) is 5.14 Å². The van der Waals surface area contributed by atoms with E-state index in [1.165, 1.54) is 0 Å². The molecule has 37 heavy (non-hydrogen) atoms. The minimum Gasteiger partial charge on any atom is -0.494 e. The fourth-order valence-corrected chi connectivity index (χ4v) is 5.51. The van der Waals surface area contributed by atoms with Gasteiger partial charge < -0.3 is 28.9 Å². The fraction of sp³-hybridized carbons (Fsp3) is 0.462. The van der Waals surface area contributed by atoms with E-state index in [0.29, 0.717) is 24.3 Å². The molecule has 10 nitrogen and oxygen atoms in total. The van der Waals surface area contributed by atoms with Gasteiger partial charge in [0.05, 0.1) is 20.3 Å². The summed E-state index contributed by atoms with van der Waals surface area (Å²) in [6, 6.07) is 11.4. The number of nitrogens with one attached hydrogen (secondary N) is 1. The second-order valence-electron chi connectivity index (χ2n) is 9.23. The molecule has 1 aliphatic rings. The van der Waals surface area contributed by atoms with Crippen LogP contribution in [0.25, 0.3) is 10.8 Å². The Morgan fingerprint density at radius 3 is 2.43 bits per heavy atom. The number of anilines is 1. The largest absolute Gasteiger partial charge is 0.494 e. The Hall–Kier alpha value is -2.99. The molecule has 0 unspecified atom stereocenters. The van der Waals surface area contributed by atoms with Crippen LogP contribution in [0.15, 0.2) is 42.6 Å². The van der Waals surface area contributed by atoms with Crippen molar-refractivity contribution in [3.63, 3.8) is 0 Å². The Bertz CT molecular complexity index is 1320. The predicted molar refractivity (Wildman–Crippen MR) is 146 cm³/mol. The SMILES string of the molecule is CCN1CCN(c2cccc3c(O)n([C@H](CCCNS(N)(=O)=O)c4ccc(OC)c(OC)c4)cc23)CC1. The molecule has 4 N–H and O–H groups in total. The van der Waals surface area contributed by atoms with E-state index in [2.05, 4.69) is 27.5 Å². The first-order chi connectivity index (χ1) is 17.8.